The first-order valence-electron chi connectivity index (χ1n) is 5.57. The highest BCUT2D eigenvalue weighted by Gasteiger charge is 2.13. The summed E-state index contributed by atoms with van der Waals surface area (Å²) in [6, 6.07) is 7.94. The van der Waals surface area contributed by atoms with Crippen LogP contribution in [0.3, 0.4) is 0 Å². The predicted octanol–water partition coefficient (Wildman–Crippen LogP) is 2.24. The van der Waals surface area contributed by atoms with Gasteiger partial charge in [-0.1, -0.05) is 6.07 Å². The number of nitrogens with zero attached hydrogens (tertiary/aromatic N) is 2. The third kappa shape index (κ3) is 1.99. The Bertz CT molecular complexity index is 650. The molecule has 1 unspecified atom stereocenters. The first-order chi connectivity index (χ1) is 8.88. The summed E-state index contributed by atoms with van der Waals surface area (Å²) in [4.78, 5) is 8.55. The molecule has 0 aliphatic heterocycles. The fourth-order valence-electron chi connectivity index (χ4n) is 1.95. The van der Waals surface area contributed by atoms with E-state index in [-0.39, 0.29) is 6.04 Å². The third-order valence-electron chi connectivity index (χ3n) is 2.84. The Morgan fingerprint density at radius 2 is 2.17 bits per heavy atom. The van der Waals surface area contributed by atoms with Crippen LogP contribution >= 0.6 is 11.3 Å². The lowest BCUT2D eigenvalue weighted by molar-refractivity contribution is 0.633. The Morgan fingerprint density at radius 1 is 1.22 bits per heavy atom. The van der Waals surface area contributed by atoms with Gasteiger partial charge in [0.05, 0.1) is 16.3 Å². The standard InChI is InChI=1S/C13H12N4S/c14-17-13(9-2-1-4-15-7-9)10-6-12-11(16-8-10)3-5-18-12/h1-8,13,17H,14H2. The van der Waals surface area contributed by atoms with Gasteiger partial charge in [-0.15, -0.1) is 11.3 Å². The van der Waals surface area contributed by atoms with Gasteiger partial charge in [0.15, 0.2) is 0 Å². The second-order valence-electron chi connectivity index (χ2n) is 3.96. The zero-order valence-electron chi connectivity index (χ0n) is 9.58. The molecule has 18 heavy (non-hydrogen) atoms. The van der Waals surface area contributed by atoms with Gasteiger partial charge in [0.2, 0.25) is 0 Å². The van der Waals surface area contributed by atoms with Crippen LogP contribution in [-0.4, -0.2) is 9.97 Å². The number of nitrogens with two attached hydrogens (primary N) is 1. The number of hydrogen-bond donors (Lipinski definition) is 2. The zero-order chi connectivity index (χ0) is 12.4. The molecule has 3 rings (SSSR count). The average molecular weight is 256 g/mol. The average Bonchev–Trinajstić information content (AvgIpc) is 2.88. The Hall–Kier alpha value is -1.82. The second-order valence-corrected chi connectivity index (χ2v) is 4.91. The second kappa shape index (κ2) is 4.81. The SMILES string of the molecule is NNC(c1cccnc1)c1cnc2ccsc2c1. The van der Waals surface area contributed by atoms with Crippen molar-refractivity contribution in [2.75, 3.05) is 0 Å². The van der Waals surface area contributed by atoms with Crippen molar-refractivity contribution < 1.29 is 0 Å². The number of thiophene rings is 1. The summed E-state index contributed by atoms with van der Waals surface area (Å²) in [7, 11) is 0. The molecule has 3 N–H and O–H groups in total. The van der Waals surface area contributed by atoms with Crippen molar-refractivity contribution in [3.8, 4) is 0 Å². The maximum absolute atomic E-state index is 5.65. The van der Waals surface area contributed by atoms with Crippen molar-refractivity contribution in [2.45, 2.75) is 6.04 Å². The molecular weight excluding hydrogens is 244 g/mol. The molecule has 0 spiro atoms. The molecular formula is C13H12N4S. The summed E-state index contributed by atoms with van der Waals surface area (Å²) in [6.07, 6.45) is 5.41. The first kappa shape index (κ1) is 11.3. The van der Waals surface area contributed by atoms with E-state index >= 15 is 0 Å². The smallest absolute Gasteiger partial charge is 0.0809 e. The van der Waals surface area contributed by atoms with E-state index in [0.29, 0.717) is 0 Å². The molecule has 0 fully saturated rings. The van der Waals surface area contributed by atoms with E-state index in [2.05, 4.69) is 21.5 Å². The molecule has 0 saturated carbocycles. The predicted molar refractivity (Wildman–Crippen MR) is 73.0 cm³/mol. The minimum atomic E-state index is -0.0855. The molecule has 3 heterocycles. The number of nitrogens with one attached hydrogen (secondary N) is 1. The summed E-state index contributed by atoms with van der Waals surface area (Å²) in [5, 5.41) is 2.04. The van der Waals surface area contributed by atoms with E-state index in [1.807, 2.05) is 36.0 Å². The number of hydrogen-bond acceptors (Lipinski definition) is 5. The lowest BCUT2D eigenvalue weighted by Gasteiger charge is -2.15. The van der Waals surface area contributed by atoms with Crippen molar-refractivity contribution in [2.24, 2.45) is 5.84 Å². The monoisotopic (exact) mass is 256 g/mol. The van der Waals surface area contributed by atoms with E-state index in [9.17, 15) is 0 Å². The third-order valence-corrected chi connectivity index (χ3v) is 3.69. The van der Waals surface area contributed by atoms with Crippen LogP contribution in [0.25, 0.3) is 10.2 Å². The van der Waals surface area contributed by atoms with E-state index in [4.69, 9.17) is 5.84 Å². The molecule has 0 aliphatic carbocycles. The summed E-state index contributed by atoms with van der Waals surface area (Å²) in [5.41, 5.74) is 5.90. The van der Waals surface area contributed by atoms with Gasteiger partial charge in [-0.3, -0.25) is 15.8 Å². The summed E-state index contributed by atoms with van der Waals surface area (Å²) < 4.78 is 1.16. The molecule has 0 aliphatic rings. The number of rotatable bonds is 3. The first-order valence-corrected chi connectivity index (χ1v) is 6.45. The van der Waals surface area contributed by atoms with Gasteiger partial charge in [0.25, 0.3) is 0 Å². The molecule has 3 aromatic rings. The largest absolute Gasteiger partial charge is 0.271 e. The number of pyridine rings is 2. The fourth-order valence-corrected chi connectivity index (χ4v) is 2.74. The fraction of sp³-hybridized carbons (Fsp3) is 0.0769. The van der Waals surface area contributed by atoms with Crippen LogP contribution in [0.2, 0.25) is 0 Å². The Labute approximate surface area is 108 Å². The van der Waals surface area contributed by atoms with Crippen molar-refractivity contribution in [3.63, 3.8) is 0 Å². The topological polar surface area (TPSA) is 63.8 Å². The summed E-state index contributed by atoms with van der Waals surface area (Å²) >= 11 is 1.68. The van der Waals surface area contributed by atoms with Crippen LogP contribution in [0.1, 0.15) is 17.2 Å². The van der Waals surface area contributed by atoms with Gasteiger partial charge in [0.1, 0.15) is 0 Å². The van der Waals surface area contributed by atoms with Crippen LogP contribution in [0.15, 0.2) is 48.2 Å². The quantitative estimate of drug-likeness (QED) is 0.557. The lowest BCUT2D eigenvalue weighted by Crippen LogP contribution is -2.28. The van der Waals surface area contributed by atoms with Gasteiger partial charge in [0, 0.05) is 18.6 Å². The number of aromatic nitrogens is 2. The maximum Gasteiger partial charge on any atom is 0.0809 e. The lowest BCUT2D eigenvalue weighted by atomic mass is 10.0. The molecule has 3 aromatic heterocycles. The van der Waals surface area contributed by atoms with Crippen molar-refractivity contribution >= 4 is 21.6 Å². The van der Waals surface area contributed by atoms with Gasteiger partial charge in [-0.05, 0) is 34.7 Å². The van der Waals surface area contributed by atoms with Crippen LogP contribution in [0.5, 0.6) is 0 Å². The van der Waals surface area contributed by atoms with Gasteiger partial charge >= 0.3 is 0 Å². The van der Waals surface area contributed by atoms with Crippen LogP contribution in [-0.2, 0) is 0 Å². The van der Waals surface area contributed by atoms with Crippen molar-refractivity contribution in [1.82, 2.24) is 15.4 Å². The minimum Gasteiger partial charge on any atom is -0.271 e. The molecule has 0 bridgehead atoms. The molecule has 0 radical (unpaired) electrons. The highest BCUT2D eigenvalue weighted by Crippen LogP contribution is 2.25. The molecule has 0 amide bonds. The van der Waals surface area contributed by atoms with E-state index in [1.165, 1.54) is 0 Å². The van der Waals surface area contributed by atoms with Crippen molar-refractivity contribution in [1.29, 1.82) is 0 Å². The highest BCUT2D eigenvalue weighted by molar-refractivity contribution is 7.17. The van der Waals surface area contributed by atoms with Crippen LogP contribution in [0.4, 0.5) is 0 Å². The molecule has 5 heteroatoms. The van der Waals surface area contributed by atoms with E-state index in [0.717, 1.165) is 21.3 Å². The van der Waals surface area contributed by atoms with E-state index in [1.54, 1.807) is 17.5 Å². The Balaban J connectivity index is 2.05. The molecule has 4 nitrogen and oxygen atoms in total. The van der Waals surface area contributed by atoms with Gasteiger partial charge < -0.3 is 0 Å². The number of hydrazine groups is 1. The molecule has 90 valence electrons. The normalized spacial score (nSPS) is 12.7. The van der Waals surface area contributed by atoms with Crippen LogP contribution in [0, 0.1) is 0 Å². The summed E-state index contributed by atoms with van der Waals surface area (Å²) in [5.74, 6) is 5.65. The van der Waals surface area contributed by atoms with E-state index < -0.39 is 0 Å². The minimum absolute atomic E-state index is 0.0855. The number of fused-ring (bicyclic) bond motifs is 1. The molecule has 0 saturated heterocycles. The Morgan fingerprint density at radius 3 is 2.94 bits per heavy atom. The van der Waals surface area contributed by atoms with Crippen molar-refractivity contribution in [3.05, 3.63) is 59.4 Å². The zero-order valence-corrected chi connectivity index (χ0v) is 10.4. The van der Waals surface area contributed by atoms with Gasteiger partial charge in [-0.2, -0.15) is 0 Å². The molecule has 1 atom stereocenters. The Kier molecular flexibility index (Phi) is 3.02. The van der Waals surface area contributed by atoms with Crippen LogP contribution < -0.4 is 11.3 Å². The highest BCUT2D eigenvalue weighted by atomic mass is 32.1. The summed E-state index contributed by atoms with van der Waals surface area (Å²) in [6.45, 7) is 0. The molecule has 0 aromatic carbocycles. The maximum atomic E-state index is 5.65. The van der Waals surface area contributed by atoms with Gasteiger partial charge in [-0.25, -0.2) is 5.43 Å².